The molecule has 0 aromatic rings. The van der Waals surface area contributed by atoms with E-state index in [4.69, 9.17) is 10.2 Å². The van der Waals surface area contributed by atoms with Crippen LogP contribution in [0.4, 0.5) is 0 Å². The molecule has 0 aromatic carbocycles. The molecule has 0 aliphatic heterocycles. The highest BCUT2D eigenvalue weighted by Crippen LogP contribution is 2.38. The molecule has 3 N–H and O–H groups in total. The quantitative estimate of drug-likeness (QED) is 0.732. The highest BCUT2D eigenvalue weighted by Gasteiger charge is 2.42. The summed E-state index contributed by atoms with van der Waals surface area (Å²) in [7, 11) is -2.12. The first-order valence-corrected chi connectivity index (χ1v) is 11.1. The number of aliphatic carboxylic acids is 1. The van der Waals surface area contributed by atoms with Gasteiger partial charge in [0.05, 0.1) is 0 Å². The molecule has 0 saturated heterocycles. The van der Waals surface area contributed by atoms with Gasteiger partial charge in [-0.15, -0.1) is 0 Å². The van der Waals surface area contributed by atoms with Crippen LogP contribution in [0, 0.1) is 5.92 Å². The minimum atomic E-state index is -2.12. The average Bonchev–Trinajstić information content (AvgIpc) is 2.35. The maximum atomic E-state index is 11.6. The highest BCUT2D eigenvalue weighted by molar-refractivity contribution is 6.74. The second-order valence-electron chi connectivity index (χ2n) is 8.04. The fraction of sp³-hybridized carbons (Fsp3) is 0.938. The van der Waals surface area contributed by atoms with Crippen LogP contribution in [-0.2, 0) is 9.22 Å². The summed E-state index contributed by atoms with van der Waals surface area (Å²) in [5, 5.41) is 9.51. The van der Waals surface area contributed by atoms with E-state index < -0.39 is 26.4 Å². The van der Waals surface area contributed by atoms with Gasteiger partial charge in [0.25, 0.3) is 0 Å². The highest BCUT2D eigenvalue weighted by atomic mass is 28.4. The van der Waals surface area contributed by atoms with E-state index in [2.05, 4.69) is 33.9 Å². The van der Waals surface area contributed by atoms with Crippen LogP contribution in [0.3, 0.4) is 0 Å². The first kappa shape index (κ1) is 18.7. The van der Waals surface area contributed by atoms with E-state index in [-0.39, 0.29) is 5.04 Å². The van der Waals surface area contributed by atoms with Crippen molar-refractivity contribution in [2.24, 2.45) is 11.7 Å². The van der Waals surface area contributed by atoms with Crippen LogP contribution < -0.4 is 5.73 Å². The van der Waals surface area contributed by atoms with E-state index in [0.717, 1.165) is 6.42 Å². The molecule has 0 amide bonds. The van der Waals surface area contributed by atoms with E-state index in [0.29, 0.717) is 5.92 Å². The monoisotopic (exact) mass is 315 g/mol. The molecule has 1 aliphatic carbocycles. The van der Waals surface area contributed by atoms with Crippen molar-refractivity contribution in [3.05, 3.63) is 0 Å². The third kappa shape index (κ3) is 5.38. The van der Waals surface area contributed by atoms with Crippen molar-refractivity contribution in [2.75, 3.05) is 0 Å². The van der Waals surface area contributed by atoms with E-state index in [9.17, 15) is 9.90 Å². The number of nitrogens with two attached hydrogens (primary N) is 1. The summed E-state index contributed by atoms with van der Waals surface area (Å²) < 4.78 is 6.08. The molecule has 0 heterocycles. The molecule has 0 radical (unpaired) electrons. The standard InChI is InChI=1S/C16H33NO3Si/c1-16(2,3)21(4,5)20-14(15(18)19)13(17)11-12-9-7-6-8-10-12/h12-14H,6-11,17H2,1-5H3,(H,18,19)/t13-,14+/m0/s1. The molecule has 0 aromatic heterocycles. The molecule has 5 heteroatoms. The number of hydrogen-bond acceptors (Lipinski definition) is 3. The second kappa shape index (κ2) is 7.25. The normalized spacial score (nSPS) is 21.0. The molecule has 2 atom stereocenters. The topological polar surface area (TPSA) is 72.5 Å². The summed E-state index contributed by atoms with van der Waals surface area (Å²) in [6.45, 7) is 10.5. The third-order valence-electron chi connectivity index (χ3n) is 5.19. The fourth-order valence-electron chi connectivity index (χ4n) is 2.75. The van der Waals surface area contributed by atoms with Crippen LogP contribution >= 0.6 is 0 Å². The van der Waals surface area contributed by atoms with E-state index >= 15 is 0 Å². The number of carboxylic acids is 1. The van der Waals surface area contributed by atoms with Gasteiger partial charge >= 0.3 is 5.97 Å². The van der Waals surface area contributed by atoms with Crippen LogP contribution in [0.5, 0.6) is 0 Å². The summed E-state index contributed by atoms with van der Waals surface area (Å²) in [6.07, 6.45) is 6.06. The van der Waals surface area contributed by atoms with Gasteiger partial charge in [-0.3, -0.25) is 0 Å². The van der Waals surface area contributed by atoms with Crippen molar-refractivity contribution in [1.29, 1.82) is 0 Å². The maximum Gasteiger partial charge on any atom is 0.333 e. The summed E-state index contributed by atoms with van der Waals surface area (Å²) in [6, 6.07) is -0.403. The SMILES string of the molecule is CC(C)(C)[Si](C)(C)O[C@@H](C(=O)O)[C@@H](N)CC1CCCCC1. The first-order valence-electron chi connectivity index (χ1n) is 8.21. The molecule has 124 valence electrons. The summed E-state index contributed by atoms with van der Waals surface area (Å²) in [4.78, 5) is 11.6. The lowest BCUT2D eigenvalue weighted by Gasteiger charge is -2.40. The van der Waals surface area contributed by atoms with Gasteiger partial charge in [0.1, 0.15) is 0 Å². The molecule has 1 saturated carbocycles. The van der Waals surface area contributed by atoms with Crippen LogP contribution in [-0.4, -0.2) is 31.5 Å². The van der Waals surface area contributed by atoms with Gasteiger partial charge in [0.2, 0.25) is 0 Å². The van der Waals surface area contributed by atoms with Crippen molar-refractivity contribution < 1.29 is 14.3 Å². The number of hydrogen-bond donors (Lipinski definition) is 2. The van der Waals surface area contributed by atoms with Crippen LogP contribution in [0.15, 0.2) is 0 Å². The maximum absolute atomic E-state index is 11.6. The van der Waals surface area contributed by atoms with Crippen molar-refractivity contribution >= 4 is 14.3 Å². The molecular formula is C16H33NO3Si. The van der Waals surface area contributed by atoms with E-state index in [1.54, 1.807) is 0 Å². The Hall–Kier alpha value is -0.393. The number of carbonyl (C=O) groups is 1. The van der Waals surface area contributed by atoms with Crippen LogP contribution in [0.2, 0.25) is 18.1 Å². The lowest BCUT2D eigenvalue weighted by molar-refractivity contribution is -0.147. The fourth-order valence-corrected chi connectivity index (χ4v) is 4.01. The molecule has 1 rings (SSSR count). The average molecular weight is 316 g/mol. The summed E-state index contributed by atoms with van der Waals surface area (Å²) >= 11 is 0. The number of carboxylic acid groups (broad SMARTS) is 1. The Bertz CT molecular complexity index is 346. The van der Waals surface area contributed by atoms with Gasteiger partial charge in [-0.25, -0.2) is 4.79 Å². The Kier molecular flexibility index (Phi) is 6.44. The molecule has 0 bridgehead atoms. The predicted octanol–water partition coefficient (Wildman–Crippen LogP) is 3.76. The molecule has 1 aliphatic rings. The molecular weight excluding hydrogens is 282 g/mol. The van der Waals surface area contributed by atoms with E-state index in [1.807, 2.05) is 0 Å². The molecule has 0 spiro atoms. The zero-order chi connectivity index (χ0) is 16.3. The lowest BCUT2D eigenvalue weighted by atomic mass is 9.84. The van der Waals surface area contributed by atoms with Crippen LogP contribution in [0.1, 0.15) is 59.3 Å². The second-order valence-corrected chi connectivity index (χ2v) is 12.8. The van der Waals surface area contributed by atoms with Crippen molar-refractivity contribution in [1.82, 2.24) is 0 Å². The van der Waals surface area contributed by atoms with Gasteiger partial charge in [-0.2, -0.15) is 0 Å². The number of rotatable bonds is 6. The zero-order valence-electron chi connectivity index (χ0n) is 14.3. The van der Waals surface area contributed by atoms with Crippen molar-refractivity contribution in [2.45, 2.75) is 89.6 Å². The molecule has 0 unspecified atom stereocenters. The largest absolute Gasteiger partial charge is 0.479 e. The Morgan fingerprint density at radius 3 is 2.24 bits per heavy atom. The molecule has 21 heavy (non-hydrogen) atoms. The zero-order valence-corrected chi connectivity index (χ0v) is 15.3. The Morgan fingerprint density at radius 2 is 1.81 bits per heavy atom. The van der Waals surface area contributed by atoms with Gasteiger partial charge in [-0.05, 0) is 30.5 Å². The first-order chi connectivity index (χ1) is 9.54. The minimum Gasteiger partial charge on any atom is -0.479 e. The Balaban J connectivity index is 2.69. The Labute approximate surface area is 130 Å². The van der Waals surface area contributed by atoms with Gasteiger partial charge < -0.3 is 15.3 Å². The van der Waals surface area contributed by atoms with Crippen molar-refractivity contribution in [3.8, 4) is 0 Å². The molecule has 1 fully saturated rings. The van der Waals surface area contributed by atoms with E-state index in [1.165, 1.54) is 32.1 Å². The van der Waals surface area contributed by atoms with Crippen molar-refractivity contribution in [3.63, 3.8) is 0 Å². The summed E-state index contributed by atoms with van der Waals surface area (Å²) in [5.41, 5.74) is 6.22. The molecule has 4 nitrogen and oxygen atoms in total. The van der Waals surface area contributed by atoms with Gasteiger partial charge in [-0.1, -0.05) is 52.9 Å². The minimum absolute atomic E-state index is 0.00867. The smallest absolute Gasteiger partial charge is 0.333 e. The van der Waals surface area contributed by atoms with Crippen LogP contribution in [0.25, 0.3) is 0 Å². The third-order valence-corrected chi connectivity index (χ3v) is 9.65. The Morgan fingerprint density at radius 1 is 1.29 bits per heavy atom. The summed E-state index contributed by atoms with van der Waals surface area (Å²) in [5.74, 6) is -0.346. The predicted molar refractivity (Wildman–Crippen MR) is 88.9 cm³/mol. The van der Waals surface area contributed by atoms with Gasteiger partial charge in [0, 0.05) is 6.04 Å². The lowest BCUT2D eigenvalue weighted by Crippen LogP contribution is -2.52. The van der Waals surface area contributed by atoms with Gasteiger partial charge in [0.15, 0.2) is 14.4 Å².